The molecule has 0 aromatic heterocycles. The number of benzene rings is 1. The molecule has 0 saturated heterocycles. The van der Waals surface area contributed by atoms with Crippen LogP contribution in [0.25, 0.3) is 0 Å². The van der Waals surface area contributed by atoms with Crippen LogP contribution in [0.2, 0.25) is 0 Å². The van der Waals surface area contributed by atoms with Gasteiger partial charge in [-0.25, -0.2) is 0 Å². The number of hydrogen-bond acceptors (Lipinski definition) is 2. The van der Waals surface area contributed by atoms with E-state index in [1.54, 1.807) is 7.11 Å². The molecular weight excluding hydrogens is 214 g/mol. The lowest BCUT2D eigenvalue weighted by Crippen LogP contribution is -2.22. The van der Waals surface area contributed by atoms with Gasteiger partial charge in [0.15, 0.2) is 5.96 Å². The number of rotatable bonds is 6. The van der Waals surface area contributed by atoms with Gasteiger partial charge in [0.1, 0.15) is 0 Å². The van der Waals surface area contributed by atoms with Crippen LogP contribution in [0.15, 0.2) is 29.3 Å². The van der Waals surface area contributed by atoms with Gasteiger partial charge < -0.3 is 15.8 Å². The van der Waals surface area contributed by atoms with E-state index in [2.05, 4.69) is 29.4 Å². The molecule has 0 aliphatic rings. The molecule has 0 heterocycles. The zero-order valence-corrected chi connectivity index (χ0v) is 10.6. The van der Waals surface area contributed by atoms with Crippen LogP contribution in [0.5, 0.6) is 0 Å². The molecule has 0 aliphatic carbocycles. The van der Waals surface area contributed by atoms with Crippen LogP contribution < -0.4 is 11.1 Å². The first-order valence-corrected chi connectivity index (χ1v) is 5.91. The number of methoxy groups -OCH3 is 1. The largest absolute Gasteiger partial charge is 0.385 e. The van der Waals surface area contributed by atoms with Crippen molar-refractivity contribution < 1.29 is 4.74 Å². The smallest absolute Gasteiger partial charge is 0.193 e. The van der Waals surface area contributed by atoms with E-state index < -0.39 is 0 Å². The fraction of sp³-hybridized carbons (Fsp3) is 0.462. The van der Waals surface area contributed by atoms with Crippen molar-refractivity contribution in [3.63, 3.8) is 0 Å². The third-order valence-electron chi connectivity index (χ3n) is 2.42. The van der Waals surface area contributed by atoms with Gasteiger partial charge in [-0.05, 0) is 30.5 Å². The van der Waals surface area contributed by atoms with E-state index in [0.29, 0.717) is 19.1 Å². The average molecular weight is 235 g/mol. The lowest BCUT2D eigenvalue weighted by molar-refractivity contribution is 0.197. The maximum Gasteiger partial charge on any atom is 0.193 e. The molecule has 0 radical (unpaired) electrons. The highest BCUT2D eigenvalue weighted by molar-refractivity contribution is 5.92. The standard InChI is InChI=1S/C13H21N3O/c1-3-11-5-7-12(8-6-11)16-13(14)15-9-4-10-17-2/h5-8H,3-4,9-10H2,1-2H3,(H3,14,15,16). The lowest BCUT2D eigenvalue weighted by atomic mass is 10.1. The minimum atomic E-state index is 0.449. The molecule has 0 unspecified atom stereocenters. The Morgan fingerprint density at radius 1 is 1.35 bits per heavy atom. The number of anilines is 1. The number of aryl methyl sites for hydroxylation is 1. The van der Waals surface area contributed by atoms with Crippen LogP contribution in [0.4, 0.5) is 5.69 Å². The van der Waals surface area contributed by atoms with Crippen LogP contribution in [-0.4, -0.2) is 26.2 Å². The second kappa shape index (κ2) is 7.68. The van der Waals surface area contributed by atoms with Crippen molar-refractivity contribution in [1.29, 1.82) is 0 Å². The molecule has 3 N–H and O–H groups in total. The SMILES string of the molecule is CCc1ccc(NC(N)=NCCCOC)cc1. The maximum atomic E-state index is 5.76. The minimum absolute atomic E-state index is 0.449. The number of hydrogen-bond donors (Lipinski definition) is 2. The molecule has 4 heteroatoms. The van der Waals surface area contributed by atoms with Crippen LogP contribution in [0, 0.1) is 0 Å². The summed E-state index contributed by atoms with van der Waals surface area (Å²) in [6, 6.07) is 8.19. The summed E-state index contributed by atoms with van der Waals surface area (Å²) in [6.45, 7) is 3.52. The Labute approximate surface area is 103 Å². The molecule has 1 aromatic rings. The summed E-state index contributed by atoms with van der Waals surface area (Å²) in [5.74, 6) is 0.449. The first-order valence-electron chi connectivity index (χ1n) is 5.91. The summed E-state index contributed by atoms with van der Waals surface area (Å²) in [7, 11) is 1.68. The Morgan fingerprint density at radius 2 is 2.06 bits per heavy atom. The van der Waals surface area contributed by atoms with Gasteiger partial charge in [-0.2, -0.15) is 0 Å². The zero-order chi connectivity index (χ0) is 12.5. The normalized spacial score (nSPS) is 11.5. The van der Waals surface area contributed by atoms with Crippen LogP contribution in [-0.2, 0) is 11.2 Å². The Kier molecular flexibility index (Phi) is 6.10. The number of nitrogens with one attached hydrogen (secondary N) is 1. The molecule has 0 amide bonds. The predicted molar refractivity (Wildman–Crippen MR) is 72.4 cm³/mol. The predicted octanol–water partition coefficient (Wildman–Crippen LogP) is 2.01. The van der Waals surface area contributed by atoms with Gasteiger partial charge in [0, 0.05) is 25.9 Å². The highest BCUT2D eigenvalue weighted by Gasteiger charge is 1.95. The summed E-state index contributed by atoms with van der Waals surface area (Å²) in [6.07, 6.45) is 1.93. The molecule has 0 bridgehead atoms. The minimum Gasteiger partial charge on any atom is -0.385 e. The van der Waals surface area contributed by atoms with E-state index in [1.807, 2.05) is 12.1 Å². The molecule has 0 aliphatic heterocycles. The quantitative estimate of drug-likeness (QED) is 0.450. The van der Waals surface area contributed by atoms with Crippen molar-refractivity contribution >= 4 is 11.6 Å². The van der Waals surface area contributed by atoms with Crippen LogP contribution in [0.1, 0.15) is 18.9 Å². The number of ether oxygens (including phenoxy) is 1. The summed E-state index contributed by atoms with van der Waals surface area (Å²) in [5, 5.41) is 3.06. The molecule has 4 nitrogen and oxygen atoms in total. The van der Waals surface area contributed by atoms with E-state index in [9.17, 15) is 0 Å². The second-order valence-electron chi connectivity index (χ2n) is 3.79. The molecule has 1 aromatic carbocycles. The van der Waals surface area contributed by atoms with Crippen molar-refractivity contribution in [1.82, 2.24) is 0 Å². The van der Waals surface area contributed by atoms with Crippen molar-refractivity contribution in [2.24, 2.45) is 10.7 Å². The fourth-order valence-electron chi connectivity index (χ4n) is 1.42. The first-order chi connectivity index (χ1) is 8.26. The van der Waals surface area contributed by atoms with E-state index in [-0.39, 0.29) is 0 Å². The van der Waals surface area contributed by atoms with Gasteiger partial charge >= 0.3 is 0 Å². The van der Waals surface area contributed by atoms with Crippen molar-refractivity contribution in [3.8, 4) is 0 Å². The first kappa shape index (κ1) is 13.5. The Hall–Kier alpha value is -1.55. The highest BCUT2D eigenvalue weighted by atomic mass is 16.5. The average Bonchev–Trinajstić information content (AvgIpc) is 2.36. The number of guanidine groups is 1. The maximum absolute atomic E-state index is 5.76. The Morgan fingerprint density at radius 3 is 2.65 bits per heavy atom. The van der Waals surface area contributed by atoms with E-state index in [1.165, 1.54) is 5.56 Å². The third-order valence-corrected chi connectivity index (χ3v) is 2.42. The molecule has 0 spiro atoms. The van der Waals surface area contributed by atoms with Gasteiger partial charge in [-0.1, -0.05) is 19.1 Å². The lowest BCUT2D eigenvalue weighted by Gasteiger charge is -2.06. The molecule has 0 saturated carbocycles. The van der Waals surface area contributed by atoms with E-state index in [0.717, 1.165) is 18.5 Å². The summed E-state index contributed by atoms with van der Waals surface area (Å²) in [4.78, 5) is 4.20. The highest BCUT2D eigenvalue weighted by Crippen LogP contribution is 2.09. The van der Waals surface area contributed by atoms with E-state index in [4.69, 9.17) is 10.5 Å². The van der Waals surface area contributed by atoms with Gasteiger partial charge in [0.05, 0.1) is 0 Å². The van der Waals surface area contributed by atoms with Crippen molar-refractivity contribution in [2.45, 2.75) is 19.8 Å². The van der Waals surface area contributed by atoms with Gasteiger partial charge in [-0.15, -0.1) is 0 Å². The number of nitrogens with two attached hydrogens (primary N) is 1. The summed E-state index contributed by atoms with van der Waals surface area (Å²) in [5.41, 5.74) is 8.04. The molecule has 0 atom stereocenters. The van der Waals surface area contributed by atoms with Crippen LogP contribution >= 0.6 is 0 Å². The van der Waals surface area contributed by atoms with Gasteiger partial charge in [0.25, 0.3) is 0 Å². The fourth-order valence-corrected chi connectivity index (χ4v) is 1.42. The summed E-state index contributed by atoms with van der Waals surface area (Å²) >= 11 is 0. The Balaban J connectivity index is 2.41. The van der Waals surface area contributed by atoms with Crippen molar-refractivity contribution in [3.05, 3.63) is 29.8 Å². The van der Waals surface area contributed by atoms with Gasteiger partial charge in [-0.3, -0.25) is 4.99 Å². The summed E-state index contributed by atoms with van der Waals surface area (Å²) < 4.78 is 4.94. The van der Waals surface area contributed by atoms with Gasteiger partial charge in [0.2, 0.25) is 0 Å². The number of nitrogens with zero attached hydrogens (tertiary/aromatic N) is 1. The van der Waals surface area contributed by atoms with E-state index >= 15 is 0 Å². The topological polar surface area (TPSA) is 59.6 Å². The second-order valence-corrected chi connectivity index (χ2v) is 3.79. The molecule has 0 fully saturated rings. The molecule has 94 valence electrons. The monoisotopic (exact) mass is 235 g/mol. The zero-order valence-electron chi connectivity index (χ0n) is 10.6. The van der Waals surface area contributed by atoms with Crippen molar-refractivity contribution in [2.75, 3.05) is 25.6 Å². The molecule has 17 heavy (non-hydrogen) atoms. The van der Waals surface area contributed by atoms with Crippen LogP contribution in [0.3, 0.4) is 0 Å². The number of aliphatic imine (C=N–C) groups is 1. The third kappa shape index (κ3) is 5.36. The molecular formula is C13H21N3O. The Bertz CT molecular complexity index is 346. The molecule has 1 rings (SSSR count).